The molecule has 0 radical (unpaired) electrons. The van der Waals surface area contributed by atoms with Gasteiger partial charge in [0.25, 0.3) is 0 Å². The number of hydrogen-bond acceptors (Lipinski definition) is 0. The van der Waals surface area contributed by atoms with Crippen LogP contribution in [-0.2, 0) is 0 Å². The summed E-state index contributed by atoms with van der Waals surface area (Å²) in [7, 11) is 0. The van der Waals surface area contributed by atoms with Crippen molar-refractivity contribution < 1.29 is 0 Å². The molecule has 1 aliphatic rings. The van der Waals surface area contributed by atoms with E-state index in [9.17, 15) is 0 Å². The van der Waals surface area contributed by atoms with Gasteiger partial charge in [-0.3, -0.25) is 0 Å². The minimum atomic E-state index is -0.547. The third-order valence-corrected chi connectivity index (χ3v) is 7.82. The molecule has 1 heteroatoms. The zero-order chi connectivity index (χ0) is 8.65. The molecule has 0 bridgehead atoms. The first-order valence-corrected chi connectivity index (χ1v) is 9.11. The zero-order valence-electron chi connectivity index (χ0n) is 7.93. The molecule has 1 rings (SSSR count). The summed E-state index contributed by atoms with van der Waals surface area (Å²) >= 11 is -0.547. The van der Waals surface area contributed by atoms with Crippen molar-refractivity contribution in [1.82, 2.24) is 0 Å². The summed E-state index contributed by atoms with van der Waals surface area (Å²) in [5.74, 6) is 0. The van der Waals surface area contributed by atoms with Gasteiger partial charge in [-0.2, -0.15) is 0 Å². The van der Waals surface area contributed by atoms with Gasteiger partial charge in [-0.05, 0) is 0 Å². The Hall–Kier alpha value is 0.210. The number of unbranched alkanes of at least 4 members (excludes halogenated alkanes) is 1. The Morgan fingerprint density at radius 2 is 2.42 bits per heavy atom. The maximum atomic E-state index is 2.57. The molecule has 0 aliphatic carbocycles. The van der Waals surface area contributed by atoms with E-state index in [0.29, 0.717) is 0 Å². The van der Waals surface area contributed by atoms with Crippen molar-refractivity contribution in [2.75, 3.05) is 8.86 Å². The Balaban J connectivity index is 2.05. The van der Waals surface area contributed by atoms with Crippen molar-refractivity contribution in [3.8, 4) is 0 Å². The van der Waals surface area contributed by atoms with Gasteiger partial charge >= 0.3 is 83.6 Å². The average Bonchev–Trinajstić information content (AvgIpc) is 2.14. The van der Waals surface area contributed by atoms with Crippen LogP contribution in [0.15, 0.2) is 22.3 Å². The summed E-state index contributed by atoms with van der Waals surface area (Å²) in [6, 6.07) is 0. The number of hydrogen-bond donors (Lipinski definition) is 0. The van der Waals surface area contributed by atoms with Crippen molar-refractivity contribution in [2.24, 2.45) is 0 Å². The van der Waals surface area contributed by atoms with Gasteiger partial charge in [0.1, 0.15) is 0 Å². The first-order chi connectivity index (χ1) is 5.93. The summed E-state index contributed by atoms with van der Waals surface area (Å²) in [4.78, 5) is 0. The van der Waals surface area contributed by atoms with Crippen LogP contribution in [0.3, 0.4) is 0 Å². The van der Waals surface area contributed by atoms with Crippen molar-refractivity contribution in [2.45, 2.75) is 32.6 Å². The van der Waals surface area contributed by atoms with Crippen LogP contribution in [0, 0.1) is 0 Å². The molecule has 0 aromatic carbocycles. The van der Waals surface area contributed by atoms with E-state index < -0.39 is 19.8 Å². The molecule has 0 nitrogen and oxygen atoms in total. The van der Waals surface area contributed by atoms with E-state index in [4.69, 9.17) is 0 Å². The Morgan fingerprint density at radius 1 is 1.50 bits per heavy atom. The molecule has 0 fully saturated rings. The first-order valence-electron chi connectivity index (χ1n) is 4.81. The van der Waals surface area contributed by atoms with Crippen molar-refractivity contribution in [3.05, 3.63) is 22.3 Å². The Kier molecular flexibility index (Phi) is 5.74. The van der Waals surface area contributed by atoms with E-state index in [1.54, 1.807) is 8.86 Å². The summed E-state index contributed by atoms with van der Waals surface area (Å²) in [6.45, 7) is 2.11. The zero-order valence-corrected chi connectivity index (χ0v) is 10.1. The topological polar surface area (TPSA) is 0 Å². The van der Waals surface area contributed by atoms with Gasteiger partial charge in [-0.15, -0.1) is 0 Å². The Labute approximate surface area is 83.5 Å². The number of rotatable bonds is 4. The van der Waals surface area contributed by atoms with E-state index in [1.165, 1.54) is 25.7 Å². The van der Waals surface area contributed by atoms with Crippen LogP contribution in [0.1, 0.15) is 32.6 Å². The van der Waals surface area contributed by atoms with E-state index >= 15 is 0 Å². The standard InChI is InChI=1S/C11H19I/c1-2-3-4-6-9-12-10-7-5-8-11-12/h2-3,7,10H,4-6,8-9,11H2,1H3/b3-2-. The average molecular weight is 278 g/mol. The van der Waals surface area contributed by atoms with Gasteiger partial charge in [0, 0.05) is 0 Å². The van der Waals surface area contributed by atoms with Crippen molar-refractivity contribution in [1.29, 1.82) is 0 Å². The van der Waals surface area contributed by atoms with Gasteiger partial charge in [0.05, 0.1) is 0 Å². The van der Waals surface area contributed by atoms with Crippen molar-refractivity contribution >= 4 is 19.8 Å². The van der Waals surface area contributed by atoms with Crippen LogP contribution in [0.5, 0.6) is 0 Å². The quantitative estimate of drug-likeness (QED) is 0.313. The van der Waals surface area contributed by atoms with Gasteiger partial charge in [-0.1, -0.05) is 0 Å². The van der Waals surface area contributed by atoms with Gasteiger partial charge < -0.3 is 0 Å². The molecule has 0 atom stereocenters. The summed E-state index contributed by atoms with van der Waals surface area (Å²) in [5, 5.41) is 0. The van der Waals surface area contributed by atoms with Crippen LogP contribution in [0.2, 0.25) is 0 Å². The summed E-state index contributed by atoms with van der Waals surface area (Å²) in [6.07, 6.45) is 12.4. The predicted molar refractivity (Wildman–Crippen MR) is 66.2 cm³/mol. The number of allylic oxidation sites excluding steroid dienone is 3. The van der Waals surface area contributed by atoms with Crippen LogP contribution in [0.25, 0.3) is 0 Å². The SMILES string of the molecule is C/C=C\CCCI1C=CCCC1. The fourth-order valence-corrected chi connectivity index (χ4v) is 6.49. The second-order valence-corrected chi connectivity index (χ2v) is 8.81. The summed E-state index contributed by atoms with van der Waals surface area (Å²) < 4.78 is 5.70. The van der Waals surface area contributed by atoms with Gasteiger partial charge in [0.15, 0.2) is 0 Å². The fraction of sp³-hybridized carbons (Fsp3) is 0.636. The van der Waals surface area contributed by atoms with Gasteiger partial charge in [-0.25, -0.2) is 0 Å². The van der Waals surface area contributed by atoms with E-state index in [2.05, 4.69) is 29.2 Å². The van der Waals surface area contributed by atoms with E-state index in [0.717, 1.165) is 0 Å². The summed E-state index contributed by atoms with van der Waals surface area (Å²) in [5.41, 5.74) is 0. The van der Waals surface area contributed by atoms with Crippen molar-refractivity contribution in [3.63, 3.8) is 0 Å². The normalized spacial score (nSPS) is 20.6. The molecule has 0 aromatic heterocycles. The third-order valence-electron chi connectivity index (χ3n) is 2.00. The second-order valence-electron chi connectivity index (χ2n) is 3.09. The first kappa shape index (κ1) is 10.3. The Morgan fingerprint density at radius 3 is 3.08 bits per heavy atom. The minimum absolute atomic E-state index is 0.547. The molecule has 0 spiro atoms. The molecule has 12 heavy (non-hydrogen) atoms. The maximum absolute atomic E-state index is 2.57. The second kappa shape index (κ2) is 6.70. The molecular weight excluding hydrogens is 259 g/mol. The fourth-order valence-electron chi connectivity index (χ4n) is 1.31. The number of alkyl halides is 2. The molecule has 70 valence electrons. The molecule has 0 saturated heterocycles. The Bertz CT molecular complexity index is 158. The molecule has 0 unspecified atom stereocenters. The molecular formula is C11H19I. The van der Waals surface area contributed by atoms with E-state index in [1.807, 2.05) is 0 Å². The van der Waals surface area contributed by atoms with Crippen LogP contribution < -0.4 is 0 Å². The molecule has 0 N–H and O–H groups in total. The molecule has 0 amide bonds. The van der Waals surface area contributed by atoms with Crippen LogP contribution >= 0.6 is 19.8 Å². The van der Waals surface area contributed by atoms with Crippen LogP contribution in [0.4, 0.5) is 0 Å². The monoisotopic (exact) mass is 278 g/mol. The van der Waals surface area contributed by atoms with Crippen LogP contribution in [-0.4, -0.2) is 8.86 Å². The molecule has 0 saturated carbocycles. The predicted octanol–water partition coefficient (Wildman–Crippen LogP) is 4.16. The van der Waals surface area contributed by atoms with E-state index in [-0.39, 0.29) is 0 Å². The molecule has 1 heterocycles. The molecule has 0 aromatic rings. The third kappa shape index (κ3) is 4.29. The molecule has 1 aliphatic heterocycles. The number of halogens is 1. The van der Waals surface area contributed by atoms with Gasteiger partial charge in [0.2, 0.25) is 0 Å².